The maximum absolute atomic E-state index is 5.80. The third kappa shape index (κ3) is 5.28. The fourth-order valence-corrected chi connectivity index (χ4v) is 3.81. The van der Waals surface area contributed by atoms with Gasteiger partial charge < -0.3 is 10.1 Å². The summed E-state index contributed by atoms with van der Waals surface area (Å²) in [6.07, 6.45) is 1.13. The van der Waals surface area contributed by atoms with Crippen LogP contribution in [0.1, 0.15) is 20.3 Å². The lowest BCUT2D eigenvalue weighted by atomic mass is 10.3. The van der Waals surface area contributed by atoms with E-state index < -0.39 is 0 Å². The number of hydrogen-bond donors (Lipinski definition) is 1. The smallest absolute Gasteiger partial charge is 0.147 e. The molecule has 0 saturated heterocycles. The highest BCUT2D eigenvalue weighted by Gasteiger charge is 2.09. The first-order valence-corrected chi connectivity index (χ1v) is 7.93. The molecule has 0 spiro atoms. The molecule has 0 radical (unpaired) electrons. The lowest BCUT2D eigenvalue weighted by molar-refractivity contribution is 0.270. The van der Waals surface area contributed by atoms with Gasteiger partial charge in [-0.2, -0.15) is 0 Å². The molecule has 1 aromatic carbocycles. The van der Waals surface area contributed by atoms with Gasteiger partial charge in [0, 0.05) is 10.5 Å². The fraction of sp³-hybridized carbons (Fsp3) is 0.500. The van der Waals surface area contributed by atoms with Crippen molar-refractivity contribution in [2.75, 3.05) is 13.2 Å². The van der Waals surface area contributed by atoms with Crippen LogP contribution in [0.25, 0.3) is 0 Å². The van der Waals surface area contributed by atoms with Crippen molar-refractivity contribution >= 4 is 47.8 Å². The number of halogens is 3. The average Bonchev–Trinajstić information content (AvgIpc) is 2.24. The van der Waals surface area contributed by atoms with Crippen LogP contribution in [0.3, 0.4) is 0 Å². The Hall–Kier alpha value is 0.420. The number of rotatable bonds is 6. The van der Waals surface area contributed by atoms with Crippen LogP contribution in [0.15, 0.2) is 25.6 Å². The van der Waals surface area contributed by atoms with Crippen LogP contribution in [-0.4, -0.2) is 19.2 Å². The van der Waals surface area contributed by atoms with E-state index in [0.717, 1.165) is 32.1 Å². The summed E-state index contributed by atoms with van der Waals surface area (Å²) < 4.78 is 8.71. The maximum atomic E-state index is 5.80. The quantitative estimate of drug-likeness (QED) is 0.705. The van der Waals surface area contributed by atoms with Crippen molar-refractivity contribution in [2.24, 2.45) is 0 Å². The predicted octanol–water partition coefficient (Wildman–Crippen LogP) is 4.74. The Morgan fingerprint density at radius 2 is 1.82 bits per heavy atom. The minimum Gasteiger partial charge on any atom is -0.490 e. The molecule has 2 nitrogen and oxygen atoms in total. The Morgan fingerprint density at radius 3 is 2.35 bits per heavy atom. The highest BCUT2D eigenvalue weighted by Crippen LogP contribution is 2.36. The van der Waals surface area contributed by atoms with E-state index in [1.165, 1.54) is 0 Å². The summed E-state index contributed by atoms with van der Waals surface area (Å²) in [6, 6.07) is 4.30. The Morgan fingerprint density at radius 1 is 1.24 bits per heavy atom. The molecule has 1 unspecified atom stereocenters. The molecule has 0 aliphatic carbocycles. The minimum atomic E-state index is 0.345. The molecular weight excluding hydrogens is 414 g/mol. The second-order valence-corrected chi connectivity index (χ2v) is 6.49. The summed E-state index contributed by atoms with van der Waals surface area (Å²) in [5, 5.41) is 3.39. The summed E-state index contributed by atoms with van der Waals surface area (Å²) in [4.78, 5) is 0. The van der Waals surface area contributed by atoms with Gasteiger partial charge in [-0.1, -0.05) is 22.9 Å². The molecule has 1 atom stereocenters. The SMILES string of the molecule is CCCNC(C)COc1c(Br)cc(Br)cc1Br. The van der Waals surface area contributed by atoms with Crippen LogP contribution in [0, 0.1) is 0 Å². The topological polar surface area (TPSA) is 21.3 Å². The van der Waals surface area contributed by atoms with Crippen molar-refractivity contribution in [1.82, 2.24) is 5.32 Å². The lowest BCUT2D eigenvalue weighted by Gasteiger charge is -2.16. The molecule has 17 heavy (non-hydrogen) atoms. The van der Waals surface area contributed by atoms with Gasteiger partial charge in [-0.25, -0.2) is 0 Å². The van der Waals surface area contributed by atoms with E-state index >= 15 is 0 Å². The van der Waals surface area contributed by atoms with Gasteiger partial charge in [0.25, 0.3) is 0 Å². The number of hydrogen-bond acceptors (Lipinski definition) is 2. The summed E-state index contributed by atoms with van der Waals surface area (Å²) >= 11 is 10.4. The molecule has 1 aromatic rings. The molecule has 0 heterocycles. The second-order valence-electron chi connectivity index (χ2n) is 3.86. The Labute approximate surface area is 128 Å². The van der Waals surface area contributed by atoms with Crippen LogP contribution in [0.2, 0.25) is 0 Å². The first-order chi connectivity index (χ1) is 8.04. The molecule has 5 heteroatoms. The first-order valence-electron chi connectivity index (χ1n) is 5.55. The zero-order valence-corrected chi connectivity index (χ0v) is 14.7. The average molecular weight is 430 g/mol. The normalized spacial score (nSPS) is 12.5. The van der Waals surface area contributed by atoms with E-state index in [9.17, 15) is 0 Å². The van der Waals surface area contributed by atoms with Crippen LogP contribution in [0.5, 0.6) is 5.75 Å². The number of benzene rings is 1. The molecule has 96 valence electrons. The fourth-order valence-electron chi connectivity index (χ4n) is 1.32. The van der Waals surface area contributed by atoms with Crippen LogP contribution >= 0.6 is 47.8 Å². The zero-order chi connectivity index (χ0) is 12.8. The Kier molecular flexibility index (Phi) is 7.07. The van der Waals surface area contributed by atoms with Crippen LogP contribution < -0.4 is 10.1 Å². The van der Waals surface area contributed by atoms with Gasteiger partial charge >= 0.3 is 0 Å². The summed E-state index contributed by atoms with van der Waals surface area (Å²) in [5.74, 6) is 0.846. The van der Waals surface area contributed by atoms with E-state index in [4.69, 9.17) is 4.74 Å². The van der Waals surface area contributed by atoms with Crippen LogP contribution in [-0.2, 0) is 0 Å². The lowest BCUT2D eigenvalue weighted by Crippen LogP contribution is -2.32. The molecule has 1 N–H and O–H groups in total. The monoisotopic (exact) mass is 427 g/mol. The van der Waals surface area contributed by atoms with E-state index in [-0.39, 0.29) is 0 Å². The molecule has 0 saturated carbocycles. The Balaban J connectivity index is 2.57. The molecule has 0 fully saturated rings. The van der Waals surface area contributed by atoms with Gasteiger partial charge in [0.15, 0.2) is 0 Å². The molecule has 0 aliphatic rings. The summed E-state index contributed by atoms with van der Waals surface area (Å²) in [7, 11) is 0. The molecule has 0 aromatic heterocycles. The third-order valence-corrected chi connectivity index (χ3v) is 3.82. The number of ether oxygens (including phenoxy) is 1. The van der Waals surface area contributed by atoms with Gasteiger partial charge in [-0.15, -0.1) is 0 Å². The van der Waals surface area contributed by atoms with Crippen molar-refractivity contribution in [2.45, 2.75) is 26.3 Å². The largest absolute Gasteiger partial charge is 0.490 e. The van der Waals surface area contributed by atoms with Gasteiger partial charge in [0.05, 0.1) is 8.95 Å². The van der Waals surface area contributed by atoms with Gasteiger partial charge in [-0.3, -0.25) is 0 Å². The zero-order valence-electron chi connectivity index (χ0n) is 9.90. The Bertz CT molecular complexity index is 348. The molecule has 0 aliphatic heterocycles. The van der Waals surface area contributed by atoms with Crippen molar-refractivity contribution in [3.63, 3.8) is 0 Å². The highest BCUT2D eigenvalue weighted by molar-refractivity contribution is 9.11. The van der Waals surface area contributed by atoms with Crippen molar-refractivity contribution in [3.05, 3.63) is 25.6 Å². The summed E-state index contributed by atoms with van der Waals surface area (Å²) in [5.41, 5.74) is 0. The van der Waals surface area contributed by atoms with E-state index in [1.807, 2.05) is 12.1 Å². The molecule has 0 amide bonds. The summed E-state index contributed by atoms with van der Waals surface area (Å²) in [6.45, 7) is 5.95. The van der Waals surface area contributed by atoms with Crippen LogP contribution in [0.4, 0.5) is 0 Å². The highest BCUT2D eigenvalue weighted by atomic mass is 79.9. The van der Waals surface area contributed by atoms with Crippen molar-refractivity contribution in [1.29, 1.82) is 0 Å². The number of nitrogens with one attached hydrogen (secondary N) is 1. The van der Waals surface area contributed by atoms with E-state index in [0.29, 0.717) is 12.6 Å². The minimum absolute atomic E-state index is 0.345. The first kappa shape index (κ1) is 15.5. The van der Waals surface area contributed by atoms with Gasteiger partial charge in [-0.05, 0) is 63.9 Å². The predicted molar refractivity (Wildman–Crippen MR) is 82.8 cm³/mol. The third-order valence-electron chi connectivity index (χ3n) is 2.18. The van der Waals surface area contributed by atoms with Gasteiger partial charge in [0.2, 0.25) is 0 Å². The van der Waals surface area contributed by atoms with E-state index in [2.05, 4.69) is 67.0 Å². The molecule has 1 rings (SSSR count). The maximum Gasteiger partial charge on any atom is 0.147 e. The van der Waals surface area contributed by atoms with Gasteiger partial charge in [0.1, 0.15) is 12.4 Å². The van der Waals surface area contributed by atoms with Crippen molar-refractivity contribution in [3.8, 4) is 5.75 Å². The van der Waals surface area contributed by atoms with E-state index in [1.54, 1.807) is 0 Å². The molecular formula is C12H16Br3NO. The molecule has 0 bridgehead atoms. The second kappa shape index (κ2) is 7.77. The van der Waals surface area contributed by atoms with Crippen molar-refractivity contribution < 1.29 is 4.74 Å². The standard InChI is InChI=1S/C12H16Br3NO/c1-3-4-16-8(2)7-17-12-10(14)5-9(13)6-11(12)15/h5-6,8,16H,3-4,7H2,1-2H3.